The Balaban J connectivity index is 3.36. The van der Waals surface area contributed by atoms with Crippen LogP contribution in [-0.2, 0) is 4.79 Å². The van der Waals surface area contributed by atoms with E-state index in [1.165, 1.54) is 6.08 Å². The highest BCUT2D eigenvalue weighted by Crippen LogP contribution is 1.89. The summed E-state index contributed by atoms with van der Waals surface area (Å²) in [5.41, 5.74) is 4.77. The van der Waals surface area contributed by atoms with E-state index in [1.807, 2.05) is 0 Å². The number of carbonyl (C=O) groups excluding carboxylic acids is 1. The van der Waals surface area contributed by atoms with Gasteiger partial charge in [-0.1, -0.05) is 6.08 Å². The fraction of sp³-hybridized carbons (Fsp3) is 0.500. The molecule has 0 saturated heterocycles. The van der Waals surface area contributed by atoms with Crippen LogP contribution in [0.1, 0.15) is 13.3 Å². The molecule has 3 N–H and O–H groups in total. The number of hydrogen-bond donors (Lipinski definition) is 2. The quantitative estimate of drug-likeness (QED) is 0.518. The molecule has 3 nitrogen and oxygen atoms in total. The Morgan fingerprint density at radius 2 is 2.44 bits per heavy atom. The number of nitrogens with two attached hydrogens (primary N) is 1. The molecule has 1 atom stereocenters. The maximum atomic E-state index is 10.0. The Bertz CT molecular complexity index is 118. The summed E-state index contributed by atoms with van der Waals surface area (Å²) in [6.07, 6.45) is 2.86. The summed E-state index contributed by atoms with van der Waals surface area (Å²) in [4.78, 5) is 10.0. The average Bonchev–Trinajstić information content (AvgIpc) is 1.63. The minimum atomic E-state index is -0.476. The van der Waals surface area contributed by atoms with Gasteiger partial charge in [-0.15, -0.1) is 0 Å². The number of primary amides is 1. The van der Waals surface area contributed by atoms with E-state index >= 15 is 0 Å². The van der Waals surface area contributed by atoms with Crippen LogP contribution in [0.25, 0.3) is 0 Å². The van der Waals surface area contributed by atoms with Crippen molar-refractivity contribution in [3.63, 3.8) is 0 Å². The fourth-order valence-electron chi connectivity index (χ4n) is 0.381. The first kappa shape index (κ1) is 8.17. The second kappa shape index (κ2) is 4.09. The van der Waals surface area contributed by atoms with Gasteiger partial charge < -0.3 is 10.8 Å². The monoisotopic (exact) mass is 129 g/mol. The zero-order chi connectivity index (χ0) is 7.28. The molecule has 0 aromatic rings. The highest BCUT2D eigenvalue weighted by molar-refractivity contribution is 5.85. The molecular weight excluding hydrogens is 118 g/mol. The van der Waals surface area contributed by atoms with Gasteiger partial charge in [-0.3, -0.25) is 4.79 Å². The minimum absolute atomic E-state index is 0.402. The van der Waals surface area contributed by atoms with E-state index in [-0.39, 0.29) is 0 Å². The lowest BCUT2D eigenvalue weighted by molar-refractivity contribution is -0.113. The first-order valence-corrected chi connectivity index (χ1v) is 2.77. The van der Waals surface area contributed by atoms with Crippen LogP contribution in [0.5, 0.6) is 0 Å². The first-order chi connectivity index (χ1) is 4.13. The molecule has 3 heteroatoms. The maximum Gasteiger partial charge on any atom is 0.241 e. The Morgan fingerprint density at radius 1 is 1.89 bits per heavy atom. The molecular formula is C6H11NO2. The molecule has 0 aliphatic heterocycles. The molecule has 1 amide bonds. The van der Waals surface area contributed by atoms with Crippen molar-refractivity contribution in [3.8, 4) is 0 Å². The molecule has 0 saturated carbocycles. The SMILES string of the molecule is CC(O)CC=CC(N)=O. The van der Waals surface area contributed by atoms with E-state index in [0.29, 0.717) is 6.42 Å². The van der Waals surface area contributed by atoms with Crippen molar-refractivity contribution in [2.24, 2.45) is 5.73 Å². The smallest absolute Gasteiger partial charge is 0.241 e. The first-order valence-electron chi connectivity index (χ1n) is 2.77. The summed E-state index contributed by atoms with van der Waals surface area (Å²) in [6, 6.07) is 0. The summed E-state index contributed by atoms with van der Waals surface area (Å²) in [5.74, 6) is -0.476. The van der Waals surface area contributed by atoms with Crippen molar-refractivity contribution >= 4 is 5.91 Å². The van der Waals surface area contributed by atoms with Crippen LogP contribution >= 0.6 is 0 Å². The second-order valence-corrected chi connectivity index (χ2v) is 1.89. The molecule has 0 aliphatic carbocycles. The lowest BCUT2D eigenvalue weighted by Gasteiger charge is -1.94. The van der Waals surface area contributed by atoms with Gasteiger partial charge in [0.2, 0.25) is 5.91 Å². The van der Waals surface area contributed by atoms with E-state index in [9.17, 15) is 4.79 Å². The van der Waals surface area contributed by atoms with Crippen molar-refractivity contribution in [3.05, 3.63) is 12.2 Å². The predicted octanol–water partition coefficient (Wildman–Crippen LogP) is -0.201. The van der Waals surface area contributed by atoms with Gasteiger partial charge in [0.25, 0.3) is 0 Å². The van der Waals surface area contributed by atoms with Gasteiger partial charge >= 0.3 is 0 Å². The van der Waals surface area contributed by atoms with Crippen molar-refractivity contribution < 1.29 is 9.90 Å². The third-order valence-electron chi connectivity index (χ3n) is 0.759. The van der Waals surface area contributed by atoms with Crippen LogP contribution in [0.2, 0.25) is 0 Å². The van der Waals surface area contributed by atoms with Crippen LogP contribution < -0.4 is 5.73 Å². The molecule has 52 valence electrons. The number of carbonyl (C=O) groups is 1. The van der Waals surface area contributed by atoms with Crippen LogP contribution in [0.4, 0.5) is 0 Å². The number of hydrogen-bond acceptors (Lipinski definition) is 2. The molecule has 0 bridgehead atoms. The second-order valence-electron chi connectivity index (χ2n) is 1.89. The Labute approximate surface area is 54.2 Å². The van der Waals surface area contributed by atoms with Gasteiger partial charge in [-0.2, -0.15) is 0 Å². The van der Waals surface area contributed by atoms with Gasteiger partial charge in [-0.25, -0.2) is 0 Å². The summed E-state index contributed by atoms with van der Waals surface area (Å²) >= 11 is 0. The number of aliphatic hydroxyl groups excluding tert-OH is 1. The molecule has 9 heavy (non-hydrogen) atoms. The molecule has 0 rings (SSSR count). The highest BCUT2D eigenvalue weighted by Gasteiger charge is 1.89. The zero-order valence-corrected chi connectivity index (χ0v) is 5.37. The Kier molecular flexibility index (Phi) is 3.71. The highest BCUT2D eigenvalue weighted by atomic mass is 16.3. The van der Waals surface area contributed by atoms with Gasteiger partial charge in [-0.05, 0) is 19.4 Å². The predicted molar refractivity (Wildman–Crippen MR) is 34.6 cm³/mol. The van der Waals surface area contributed by atoms with Crippen LogP contribution in [0, 0.1) is 0 Å². The molecule has 0 aromatic heterocycles. The van der Waals surface area contributed by atoms with Crippen molar-refractivity contribution in [2.45, 2.75) is 19.4 Å². The Hall–Kier alpha value is -0.830. The standard InChI is InChI=1S/C6H11NO2/c1-5(8)3-2-4-6(7)9/h2,4-5,8H,3H2,1H3,(H2,7,9). The number of rotatable bonds is 3. The summed E-state index contributed by atoms with van der Waals surface area (Å²) in [5, 5.41) is 8.66. The third-order valence-corrected chi connectivity index (χ3v) is 0.759. The van der Waals surface area contributed by atoms with Crippen LogP contribution in [-0.4, -0.2) is 17.1 Å². The molecule has 0 aliphatic rings. The molecule has 0 radical (unpaired) electrons. The van der Waals surface area contributed by atoms with Gasteiger partial charge in [0.15, 0.2) is 0 Å². The molecule has 0 fully saturated rings. The third kappa shape index (κ3) is 7.17. The van der Waals surface area contributed by atoms with Gasteiger partial charge in [0.1, 0.15) is 0 Å². The average molecular weight is 129 g/mol. The summed E-state index contributed by atoms with van der Waals surface area (Å²) in [6.45, 7) is 1.64. The minimum Gasteiger partial charge on any atom is -0.393 e. The largest absolute Gasteiger partial charge is 0.393 e. The van der Waals surface area contributed by atoms with E-state index in [0.717, 1.165) is 0 Å². The van der Waals surface area contributed by atoms with Crippen molar-refractivity contribution in [2.75, 3.05) is 0 Å². The van der Waals surface area contributed by atoms with E-state index in [2.05, 4.69) is 0 Å². The molecule has 0 spiro atoms. The van der Waals surface area contributed by atoms with Gasteiger partial charge in [0, 0.05) is 0 Å². The topological polar surface area (TPSA) is 63.3 Å². The summed E-state index contributed by atoms with van der Waals surface area (Å²) in [7, 11) is 0. The van der Waals surface area contributed by atoms with E-state index in [1.54, 1.807) is 13.0 Å². The zero-order valence-electron chi connectivity index (χ0n) is 5.37. The molecule has 1 unspecified atom stereocenters. The van der Waals surface area contributed by atoms with E-state index in [4.69, 9.17) is 10.8 Å². The lowest BCUT2D eigenvalue weighted by Crippen LogP contribution is -2.06. The fourth-order valence-corrected chi connectivity index (χ4v) is 0.381. The van der Waals surface area contributed by atoms with Crippen molar-refractivity contribution in [1.82, 2.24) is 0 Å². The number of amides is 1. The lowest BCUT2D eigenvalue weighted by atomic mass is 10.3. The summed E-state index contributed by atoms with van der Waals surface area (Å²) < 4.78 is 0. The van der Waals surface area contributed by atoms with Crippen molar-refractivity contribution in [1.29, 1.82) is 0 Å². The van der Waals surface area contributed by atoms with Gasteiger partial charge in [0.05, 0.1) is 6.10 Å². The van der Waals surface area contributed by atoms with E-state index < -0.39 is 12.0 Å². The van der Waals surface area contributed by atoms with Crippen LogP contribution in [0.15, 0.2) is 12.2 Å². The normalized spacial score (nSPS) is 14.0. The van der Waals surface area contributed by atoms with Crippen LogP contribution in [0.3, 0.4) is 0 Å². The molecule has 0 aromatic carbocycles. The molecule has 0 heterocycles. The maximum absolute atomic E-state index is 10.0. The number of aliphatic hydroxyl groups is 1. The Morgan fingerprint density at radius 3 is 2.78 bits per heavy atom.